The van der Waals surface area contributed by atoms with E-state index < -0.39 is 0 Å². The predicted molar refractivity (Wildman–Crippen MR) is 73.8 cm³/mol. The van der Waals surface area contributed by atoms with Gasteiger partial charge >= 0.3 is 0 Å². The number of rotatable bonds is 4. The number of amidine groups is 1. The largest absolute Gasteiger partial charge is 0.384 e. The van der Waals surface area contributed by atoms with Crippen molar-refractivity contribution in [1.82, 2.24) is 4.98 Å². The Hall–Kier alpha value is -2.36. The average Bonchev–Trinajstić information content (AvgIpc) is 2.40. The van der Waals surface area contributed by atoms with Crippen LogP contribution in [-0.2, 0) is 6.54 Å². The van der Waals surface area contributed by atoms with Crippen LogP contribution < -0.4 is 10.6 Å². The van der Waals surface area contributed by atoms with Crippen LogP contribution in [0.2, 0.25) is 0 Å². The third-order valence-electron chi connectivity index (χ3n) is 2.74. The number of hydrogen-bond donors (Lipinski definition) is 2. The molecular weight excluding hydrogens is 224 g/mol. The van der Waals surface area contributed by atoms with Gasteiger partial charge in [0.25, 0.3) is 0 Å². The zero-order valence-corrected chi connectivity index (χ0v) is 10.3. The molecule has 1 aromatic carbocycles. The highest BCUT2D eigenvalue weighted by Crippen LogP contribution is 2.16. The maximum Gasteiger partial charge on any atom is 0.122 e. The van der Waals surface area contributed by atoms with Gasteiger partial charge in [0, 0.05) is 37.2 Å². The first-order valence-electron chi connectivity index (χ1n) is 5.71. The molecule has 0 saturated carbocycles. The number of nitrogens with one attached hydrogen (secondary N) is 1. The maximum absolute atomic E-state index is 7.44. The van der Waals surface area contributed by atoms with E-state index in [1.54, 1.807) is 6.20 Å². The second-order valence-electron chi connectivity index (χ2n) is 4.18. The fraction of sp³-hybridized carbons (Fsp3) is 0.143. The molecule has 0 fully saturated rings. The van der Waals surface area contributed by atoms with Gasteiger partial charge in [-0.25, -0.2) is 0 Å². The Labute approximate surface area is 107 Å². The Balaban J connectivity index is 2.16. The maximum atomic E-state index is 7.44. The summed E-state index contributed by atoms with van der Waals surface area (Å²) in [6.07, 6.45) is 3.62. The van der Waals surface area contributed by atoms with Gasteiger partial charge in [0.05, 0.1) is 0 Å². The summed E-state index contributed by atoms with van der Waals surface area (Å²) in [5.41, 5.74) is 8.41. The van der Waals surface area contributed by atoms with Gasteiger partial charge in [-0.1, -0.05) is 18.2 Å². The molecule has 0 atom stereocenters. The van der Waals surface area contributed by atoms with E-state index in [2.05, 4.69) is 9.88 Å². The highest BCUT2D eigenvalue weighted by molar-refractivity contribution is 5.95. The molecule has 4 nitrogen and oxygen atoms in total. The molecule has 2 rings (SSSR count). The Morgan fingerprint density at radius 1 is 1.33 bits per heavy atom. The van der Waals surface area contributed by atoms with Crippen molar-refractivity contribution in [3.05, 3.63) is 59.9 Å². The Bertz CT molecular complexity index is 537. The van der Waals surface area contributed by atoms with Crippen LogP contribution in [0.5, 0.6) is 0 Å². The van der Waals surface area contributed by atoms with Crippen LogP contribution in [0.25, 0.3) is 0 Å². The van der Waals surface area contributed by atoms with Gasteiger partial charge in [-0.2, -0.15) is 0 Å². The van der Waals surface area contributed by atoms with Crippen LogP contribution in [0.15, 0.2) is 48.8 Å². The normalized spacial score (nSPS) is 10.1. The molecule has 4 heteroatoms. The number of benzene rings is 1. The van der Waals surface area contributed by atoms with E-state index in [1.807, 2.05) is 49.6 Å². The second-order valence-corrected chi connectivity index (χ2v) is 4.18. The van der Waals surface area contributed by atoms with Crippen molar-refractivity contribution >= 4 is 11.5 Å². The number of nitrogen functional groups attached to an aromatic ring is 1. The molecule has 0 aliphatic heterocycles. The van der Waals surface area contributed by atoms with Crippen LogP contribution >= 0.6 is 0 Å². The quantitative estimate of drug-likeness (QED) is 0.634. The lowest BCUT2D eigenvalue weighted by Gasteiger charge is -2.19. The van der Waals surface area contributed by atoms with Crippen LogP contribution in [0.1, 0.15) is 11.1 Å². The van der Waals surface area contributed by atoms with Gasteiger partial charge in [-0.05, 0) is 23.8 Å². The van der Waals surface area contributed by atoms with Crippen molar-refractivity contribution in [3.8, 4) is 0 Å². The van der Waals surface area contributed by atoms with Crippen molar-refractivity contribution in [2.45, 2.75) is 6.54 Å². The molecule has 3 N–H and O–H groups in total. The van der Waals surface area contributed by atoms with Gasteiger partial charge in [-0.3, -0.25) is 10.4 Å². The minimum Gasteiger partial charge on any atom is -0.384 e. The summed E-state index contributed by atoms with van der Waals surface area (Å²) in [6, 6.07) is 11.6. The first kappa shape index (κ1) is 12.1. The summed E-state index contributed by atoms with van der Waals surface area (Å²) in [4.78, 5) is 6.20. The zero-order chi connectivity index (χ0) is 13.0. The molecule has 0 unspecified atom stereocenters. The molecule has 1 aromatic heterocycles. The van der Waals surface area contributed by atoms with Crippen molar-refractivity contribution in [3.63, 3.8) is 0 Å². The SMILES string of the molecule is CN(Cc1cccnc1)c1cccc(C(=N)N)c1. The summed E-state index contributed by atoms with van der Waals surface area (Å²) < 4.78 is 0. The summed E-state index contributed by atoms with van der Waals surface area (Å²) in [5.74, 6) is 0.0895. The third kappa shape index (κ3) is 2.85. The zero-order valence-electron chi connectivity index (χ0n) is 10.3. The van der Waals surface area contributed by atoms with Gasteiger partial charge < -0.3 is 10.6 Å². The number of hydrogen-bond acceptors (Lipinski definition) is 3. The fourth-order valence-electron chi connectivity index (χ4n) is 1.77. The fourth-order valence-corrected chi connectivity index (χ4v) is 1.77. The van der Waals surface area contributed by atoms with Gasteiger partial charge in [0.2, 0.25) is 0 Å². The lowest BCUT2D eigenvalue weighted by molar-refractivity contribution is 0.915. The molecule has 0 bridgehead atoms. The highest BCUT2D eigenvalue weighted by Gasteiger charge is 2.04. The molecule has 1 heterocycles. The smallest absolute Gasteiger partial charge is 0.122 e. The lowest BCUT2D eigenvalue weighted by atomic mass is 10.1. The molecule has 0 radical (unpaired) electrons. The van der Waals surface area contributed by atoms with Crippen LogP contribution in [-0.4, -0.2) is 17.9 Å². The molecule has 0 saturated heterocycles. The lowest BCUT2D eigenvalue weighted by Crippen LogP contribution is -2.18. The number of anilines is 1. The summed E-state index contributed by atoms with van der Waals surface area (Å²) >= 11 is 0. The minimum absolute atomic E-state index is 0.0895. The first-order chi connectivity index (χ1) is 8.66. The van der Waals surface area contributed by atoms with Gasteiger partial charge in [0.1, 0.15) is 5.84 Å². The topological polar surface area (TPSA) is 66.0 Å². The molecule has 0 spiro atoms. The molecule has 2 aromatic rings. The van der Waals surface area contributed by atoms with Crippen LogP contribution in [0, 0.1) is 5.41 Å². The van der Waals surface area contributed by atoms with E-state index in [-0.39, 0.29) is 5.84 Å². The summed E-state index contributed by atoms with van der Waals surface area (Å²) in [6.45, 7) is 0.773. The third-order valence-corrected chi connectivity index (χ3v) is 2.74. The van der Waals surface area contributed by atoms with E-state index in [0.29, 0.717) is 0 Å². The van der Waals surface area contributed by atoms with Crippen LogP contribution in [0.4, 0.5) is 5.69 Å². The molecule has 0 aliphatic rings. The molecule has 18 heavy (non-hydrogen) atoms. The molecule has 0 aliphatic carbocycles. The van der Waals surface area contributed by atoms with E-state index in [4.69, 9.17) is 11.1 Å². The van der Waals surface area contributed by atoms with Crippen molar-refractivity contribution < 1.29 is 0 Å². The Morgan fingerprint density at radius 2 is 2.17 bits per heavy atom. The summed E-state index contributed by atoms with van der Waals surface area (Å²) in [7, 11) is 2.01. The molecule has 92 valence electrons. The monoisotopic (exact) mass is 240 g/mol. The first-order valence-corrected chi connectivity index (χ1v) is 5.71. The van der Waals surface area contributed by atoms with Gasteiger partial charge in [-0.15, -0.1) is 0 Å². The Kier molecular flexibility index (Phi) is 3.57. The number of pyridine rings is 1. The summed E-state index contributed by atoms with van der Waals surface area (Å²) in [5, 5.41) is 7.44. The molecular formula is C14H16N4. The number of nitrogens with zero attached hydrogens (tertiary/aromatic N) is 2. The van der Waals surface area contributed by atoms with Crippen molar-refractivity contribution in [2.75, 3.05) is 11.9 Å². The van der Waals surface area contributed by atoms with E-state index in [0.717, 1.165) is 23.4 Å². The van der Waals surface area contributed by atoms with Crippen molar-refractivity contribution in [1.29, 1.82) is 5.41 Å². The van der Waals surface area contributed by atoms with Crippen molar-refractivity contribution in [2.24, 2.45) is 5.73 Å². The molecule has 0 amide bonds. The second kappa shape index (κ2) is 5.31. The Morgan fingerprint density at radius 3 is 2.83 bits per heavy atom. The van der Waals surface area contributed by atoms with Gasteiger partial charge in [0.15, 0.2) is 0 Å². The number of nitrogens with two attached hydrogens (primary N) is 1. The minimum atomic E-state index is 0.0895. The standard InChI is InChI=1S/C14H16N4/c1-18(10-11-4-3-7-17-9-11)13-6-2-5-12(8-13)14(15)16/h2-9H,10H2,1H3,(H3,15,16). The predicted octanol–water partition coefficient (Wildman–Crippen LogP) is 2.00. The van der Waals surface area contributed by atoms with E-state index >= 15 is 0 Å². The highest BCUT2D eigenvalue weighted by atomic mass is 15.1. The van der Waals surface area contributed by atoms with E-state index in [1.165, 1.54) is 0 Å². The van der Waals surface area contributed by atoms with Crippen LogP contribution in [0.3, 0.4) is 0 Å². The van der Waals surface area contributed by atoms with E-state index in [9.17, 15) is 0 Å². The number of aromatic nitrogens is 1. The average molecular weight is 240 g/mol.